The van der Waals surface area contributed by atoms with E-state index in [9.17, 15) is 30.8 Å². The van der Waals surface area contributed by atoms with Crippen LogP contribution in [0, 0.1) is 11.6 Å². The molecule has 0 spiro atoms. The Morgan fingerprint density at radius 3 is 2.62 bits per heavy atom. The third-order valence-electron chi connectivity index (χ3n) is 4.93. The first-order valence-electron chi connectivity index (χ1n) is 9.41. The van der Waals surface area contributed by atoms with Crippen LogP contribution in [0.25, 0.3) is 11.1 Å². The number of nitrogens with zero attached hydrogens (tertiary/aromatic N) is 2. The Morgan fingerprint density at radius 2 is 1.94 bits per heavy atom. The Morgan fingerprint density at radius 1 is 1.21 bits per heavy atom. The molecule has 2 heterocycles. The zero-order valence-corrected chi connectivity index (χ0v) is 19.5. The summed E-state index contributed by atoms with van der Waals surface area (Å²) in [6, 6.07) is 3.49. The fourth-order valence-electron chi connectivity index (χ4n) is 3.41. The second-order valence-corrected chi connectivity index (χ2v) is 9.57. The number of methoxy groups -OCH3 is 1. The van der Waals surface area contributed by atoms with Crippen LogP contribution in [0.15, 0.2) is 39.8 Å². The standard InChI is InChI=1S/C20H14BrF4N3O5S/c1-32-19-12(21)2-9-3-17(19)34(30,31)27-15-4-10(13(22)5-14(15)23)11-6-26-28(7-18(24)25)16(11)8-33-20(9)29/h2-6,18,27H,7-8H2,1H3. The number of alkyl halides is 2. The molecule has 8 nitrogen and oxygen atoms in total. The molecular formula is C20H14BrF4N3O5S. The van der Waals surface area contributed by atoms with Crippen LogP contribution in [0.4, 0.5) is 23.2 Å². The van der Waals surface area contributed by atoms with E-state index in [1.54, 1.807) is 0 Å². The predicted octanol–water partition coefficient (Wildman–Crippen LogP) is 4.34. The number of anilines is 1. The van der Waals surface area contributed by atoms with Crippen LogP contribution in [-0.4, -0.2) is 37.7 Å². The van der Waals surface area contributed by atoms with Crippen molar-refractivity contribution < 1.29 is 40.2 Å². The van der Waals surface area contributed by atoms with Gasteiger partial charge in [-0.05, 0) is 34.1 Å². The molecule has 1 N–H and O–H groups in total. The number of carbonyl (C=O) groups is 1. The normalized spacial score (nSPS) is 14.9. The third-order valence-corrected chi connectivity index (χ3v) is 6.89. The number of hydrogen-bond acceptors (Lipinski definition) is 6. The molecule has 2 aromatic carbocycles. The summed E-state index contributed by atoms with van der Waals surface area (Å²) in [5.74, 6) is -3.53. The molecule has 0 radical (unpaired) electrons. The number of sulfonamides is 1. The Labute approximate surface area is 198 Å². The number of fused-ring (bicyclic) bond motifs is 6. The van der Waals surface area contributed by atoms with Gasteiger partial charge in [-0.3, -0.25) is 9.40 Å². The van der Waals surface area contributed by atoms with Crippen molar-refractivity contribution in [2.45, 2.75) is 24.5 Å². The van der Waals surface area contributed by atoms with Gasteiger partial charge in [-0.1, -0.05) is 0 Å². The summed E-state index contributed by atoms with van der Waals surface area (Å²) in [7, 11) is -3.38. The zero-order valence-electron chi connectivity index (χ0n) is 17.1. The van der Waals surface area contributed by atoms with E-state index >= 15 is 0 Å². The van der Waals surface area contributed by atoms with Crippen LogP contribution in [-0.2, 0) is 27.9 Å². The molecule has 0 fully saturated rings. The van der Waals surface area contributed by atoms with Crippen molar-refractivity contribution >= 4 is 37.6 Å². The molecule has 34 heavy (non-hydrogen) atoms. The Bertz CT molecular complexity index is 1410. The van der Waals surface area contributed by atoms with Crippen molar-refractivity contribution in [2.24, 2.45) is 0 Å². The molecular weight excluding hydrogens is 550 g/mol. The van der Waals surface area contributed by atoms with Gasteiger partial charge in [0.25, 0.3) is 16.4 Å². The van der Waals surface area contributed by atoms with Gasteiger partial charge in [-0.15, -0.1) is 0 Å². The highest BCUT2D eigenvalue weighted by molar-refractivity contribution is 9.10. The Hall–Kier alpha value is -3.13. The molecule has 0 unspecified atom stereocenters. The lowest BCUT2D eigenvalue weighted by atomic mass is 10.0. The van der Waals surface area contributed by atoms with Crippen molar-refractivity contribution in [2.75, 3.05) is 11.8 Å². The van der Waals surface area contributed by atoms with Gasteiger partial charge in [0, 0.05) is 17.2 Å². The highest BCUT2D eigenvalue weighted by Crippen LogP contribution is 2.37. The monoisotopic (exact) mass is 563 g/mol. The van der Waals surface area contributed by atoms with E-state index in [2.05, 4.69) is 21.0 Å². The number of nitrogens with one attached hydrogen (secondary N) is 1. The van der Waals surface area contributed by atoms with E-state index < -0.39 is 57.8 Å². The number of rotatable bonds is 3. The second-order valence-electron chi connectivity index (χ2n) is 7.06. The van der Waals surface area contributed by atoms with Gasteiger partial charge in [0.05, 0.1) is 34.7 Å². The molecule has 3 aromatic rings. The molecule has 180 valence electrons. The van der Waals surface area contributed by atoms with Gasteiger partial charge in [-0.25, -0.2) is 30.8 Å². The molecule has 0 saturated carbocycles. The highest BCUT2D eigenvalue weighted by Gasteiger charge is 2.28. The fourth-order valence-corrected chi connectivity index (χ4v) is 5.44. The summed E-state index contributed by atoms with van der Waals surface area (Å²) in [4.78, 5) is 12.2. The first-order chi connectivity index (χ1) is 16.0. The van der Waals surface area contributed by atoms with E-state index in [-0.39, 0.29) is 32.6 Å². The van der Waals surface area contributed by atoms with Gasteiger partial charge in [0.2, 0.25) is 0 Å². The average Bonchev–Trinajstić information content (AvgIpc) is 3.14. The summed E-state index contributed by atoms with van der Waals surface area (Å²) in [5.41, 5.74) is -1.38. The zero-order chi connectivity index (χ0) is 24.8. The lowest BCUT2D eigenvalue weighted by Gasteiger charge is -2.15. The number of esters is 1. The number of benzene rings is 2. The van der Waals surface area contributed by atoms with Crippen molar-refractivity contribution in [3.63, 3.8) is 0 Å². The van der Waals surface area contributed by atoms with Gasteiger partial charge in [0.1, 0.15) is 29.7 Å². The average molecular weight is 564 g/mol. The molecule has 1 aliphatic heterocycles. The first kappa shape index (κ1) is 24.0. The van der Waals surface area contributed by atoms with E-state index in [0.717, 1.165) is 23.0 Å². The van der Waals surface area contributed by atoms with E-state index in [4.69, 9.17) is 9.47 Å². The number of carbonyl (C=O) groups excluding carboxylic acids is 1. The van der Waals surface area contributed by atoms with Gasteiger partial charge in [0.15, 0.2) is 5.75 Å². The summed E-state index contributed by atoms with van der Waals surface area (Å²) in [5, 5.41) is 3.80. The Kier molecular flexibility index (Phi) is 6.29. The largest absolute Gasteiger partial charge is 0.494 e. The second kappa shape index (κ2) is 8.91. The van der Waals surface area contributed by atoms with Crippen molar-refractivity contribution in [3.05, 3.63) is 57.8 Å². The van der Waals surface area contributed by atoms with Crippen molar-refractivity contribution in [3.8, 4) is 16.9 Å². The van der Waals surface area contributed by atoms with Crippen LogP contribution >= 0.6 is 15.9 Å². The van der Waals surface area contributed by atoms with Gasteiger partial charge < -0.3 is 9.47 Å². The number of aromatic nitrogens is 2. The molecule has 1 aliphatic rings. The van der Waals surface area contributed by atoms with E-state index in [1.807, 2.05) is 4.72 Å². The number of ether oxygens (including phenoxy) is 2. The topological polar surface area (TPSA) is 99.5 Å². The summed E-state index contributed by atoms with van der Waals surface area (Å²) < 4.78 is 94.8. The molecule has 0 atom stereocenters. The quantitative estimate of drug-likeness (QED) is 0.376. The molecule has 0 saturated heterocycles. The highest BCUT2D eigenvalue weighted by atomic mass is 79.9. The molecule has 1 aromatic heterocycles. The smallest absolute Gasteiger partial charge is 0.338 e. The lowest BCUT2D eigenvalue weighted by Crippen LogP contribution is -2.17. The van der Waals surface area contributed by atoms with Crippen molar-refractivity contribution in [1.82, 2.24) is 9.78 Å². The molecule has 4 rings (SSSR count). The number of halogens is 5. The summed E-state index contributed by atoms with van der Waals surface area (Å²) in [6.45, 7) is -1.49. The van der Waals surface area contributed by atoms with Gasteiger partial charge >= 0.3 is 5.97 Å². The first-order valence-corrected chi connectivity index (χ1v) is 11.7. The summed E-state index contributed by atoms with van der Waals surface area (Å²) >= 11 is 3.12. The number of hydrogen-bond donors (Lipinski definition) is 1. The van der Waals surface area contributed by atoms with Crippen molar-refractivity contribution in [1.29, 1.82) is 0 Å². The maximum Gasteiger partial charge on any atom is 0.338 e. The van der Waals surface area contributed by atoms with Crippen LogP contribution < -0.4 is 9.46 Å². The minimum atomic E-state index is -4.57. The van der Waals surface area contributed by atoms with Crippen LogP contribution in [0.3, 0.4) is 0 Å². The molecule has 4 bridgehead atoms. The SMILES string of the molecule is COc1c(Br)cc2cc1S(=O)(=O)Nc1cc(c(F)cc1F)-c1cnn(CC(F)F)c1COC2=O. The number of cyclic esters (lactones) is 1. The lowest BCUT2D eigenvalue weighted by molar-refractivity contribution is 0.0456. The molecule has 0 aliphatic carbocycles. The van der Waals surface area contributed by atoms with E-state index in [1.165, 1.54) is 13.2 Å². The molecule has 14 heteroatoms. The minimum Gasteiger partial charge on any atom is -0.494 e. The van der Waals surface area contributed by atoms with Crippen LogP contribution in [0.5, 0.6) is 5.75 Å². The predicted molar refractivity (Wildman–Crippen MR) is 114 cm³/mol. The van der Waals surface area contributed by atoms with Crippen LogP contribution in [0.2, 0.25) is 0 Å². The third kappa shape index (κ3) is 4.34. The van der Waals surface area contributed by atoms with Crippen LogP contribution in [0.1, 0.15) is 16.1 Å². The fraction of sp³-hybridized carbons (Fsp3) is 0.200. The maximum absolute atomic E-state index is 14.7. The van der Waals surface area contributed by atoms with Gasteiger partial charge in [-0.2, -0.15) is 5.10 Å². The minimum absolute atomic E-state index is 0.0726. The van der Waals surface area contributed by atoms with E-state index in [0.29, 0.717) is 6.07 Å². The maximum atomic E-state index is 14.7. The summed E-state index contributed by atoms with van der Waals surface area (Å²) in [6.07, 6.45) is -1.79. The Balaban J connectivity index is 1.99. The molecule has 0 amide bonds.